The minimum Gasteiger partial charge on any atom is -0.298 e. The number of carbonyl (C=O) groups is 1. The standard InChI is InChI=1S/C10H7ClF3NO3S/c1-5(16)8(11)6-3-2-4-7(15(17)18)9(6)19-10(12,13)14/h2-4,8H,1H3. The van der Waals surface area contributed by atoms with Gasteiger partial charge in [0.05, 0.1) is 9.82 Å². The number of hydrogen-bond acceptors (Lipinski definition) is 4. The van der Waals surface area contributed by atoms with Crippen LogP contribution in [0.4, 0.5) is 18.9 Å². The fourth-order valence-corrected chi connectivity index (χ4v) is 2.36. The lowest BCUT2D eigenvalue weighted by Gasteiger charge is -2.13. The zero-order valence-corrected chi connectivity index (χ0v) is 11.0. The molecule has 0 saturated heterocycles. The molecule has 0 N–H and O–H groups in total. The lowest BCUT2D eigenvalue weighted by Crippen LogP contribution is -2.08. The van der Waals surface area contributed by atoms with Crippen LogP contribution in [0.2, 0.25) is 0 Å². The van der Waals surface area contributed by atoms with Crippen LogP contribution in [0.25, 0.3) is 0 Å². The molecule has 1 aromatic carbocycles. The SMILES string of the molecule is CC(=O)C(Cl)c1cccc([N+](=O)[O-])c1SC(F)(F)F. The van der Waals surface area contributed by atoms with E-state index in [9.17, 15) is 28.1 Å². The summed E-state index contributed by atoms with van der Waals surface area (Å²) in [4.78, 5) is 20.3. The molecular weight excluding hydrogens is 307 g/mol. The van der Waals surface area contributed by atoms with Gasteiger partial charge in [-0.2, -0.15) is 13.2 Å². The minimum absolute atomic E-state index is 0.217. The molecule has 0 aliphatic carbocycles. The van der Waals surface area contributed by atoms with E-state index in [1.54, 1.807) is 0 Å². The molecule has 104 valence electrons. The molecule has 4 nitrogen and oxygen atoms in total. The number of nitro benzene ring substituents is 1. The fourth-order valence-electron chi connectivity index (χ4n) is 1.33. The first-order chi connectivity index (χ1) is 8.63. The van der Waals surface area contributed by atoms with Crippen LogP contribution in [0.5, 0.6) is 0 Å². The van der Waals surface area contributed by atoms with Crippen LogP contribution in [0.1, 0.15) is 17.9 Å². The first-order valence-corrected chi connectivity index (χ1v) is 6.06. The highest BCUT2D eigenvalue weighted by Gasteiger charge is 2.36. The predicted molar refractivity (Wildman–Crippen MR) is 64.3 cm³/mol. The van der Waals surface area contributed by atoms with Gasteiger partial charge in [-0.1, -0.05) is 12.1 Å². The number of nitro groups is 1. The van der Waals surface area contributed by atoms with Crippen molar-refractivity contribution in [3.05, 3.63) is 33.9 Å². The molecule has 9 heteroatoms. The topological polar surface area (TPSA) is 60.2 Å². The van der Waals surface area contributed by atoms with Crippen LogP contribution in [0, 0.1) is 10.1 Å². The van der Waals surface area contributed by atoms with Crippen molar-refractivity contribution in [2.75, 3.05) is 0 Å². The zero-order valence-electron chi connectivity index (χ0n) is 9.40. The van der Waals surface area contributed by atoms with Gasteiger partial charge in [0, 0.05) is 6.07 Å². The number of nitrogens with zero attached hydrogens (tertiary/aromatic N) is 1. The fraction of sp³-hybridized carbons (Fsp3) is 0.300. The van der Waals surface area contributed by atoms with Crippen molar-refractivity contribution in [1.82, 2.24) is 0 Å². The van der Waals surface area contributed by atoms with Gasteiger partial charge in [-0.05, 0) is 24.2 Å². The van der Waals surface area contributed by atoms with Gasteiger partial charge in [0.2, 0.25) is 0 Å². The maximum Gasteiger partial charge on any atom is 0.446 e. The first kappa shape index (κ1) is 15.8. The van der Waals surface area contributed by atoms with Gasteiger partial charge in [0.15, 0.2) is 5.78 Å². The van der Waals surface area contributed by atoms with Crippen molar-refractivity contribution in [2.45, 2.75) is 22.7 Å². The van der Waals surface area contributed by atoms with E-state index in [4.69, 9.17) is 11.6 Å². The summed E-state index contributed by atoms with van der Waals surface area (Å²) in [7, 11) is 0. The van der Waals surface area contributed by atoms with Crippen molar-refractivity contribution in [1.29, 1.82) is 0 Å². The Labute approximate surface area is 115 Å². The quantitative estimate of drug-likeness (QED) is 0.364. The monoisotopic (exact) mass is 313 g/mol. The summed E-state index contributed by atoms with van der Waals surface area (Å²) < 4.78 is 37.3. The minimum atomic E-state index is -4.71. The average molecular weight is 314 g/mol. The molecule has 1 rings (SSSR count). The molecule has 0 aliphatic heterocycles. The Morgan fingerprint density at radius 1 is 1.47 bits per heavy atom. The highest BCUT2D eigenvalue weighted by molar-refractivity contribution is 8.00. The number of ketones is 1. The maximum absolute atomic E-state index is 12.4. The highest BCUT2D eigenvalue weighted by Crippen LogP contribution is 2.45. The van der Waals surface area contributed by atoms with Crippen LogP contribution in [0.15, 0.2) is 23.1 Å². The second kappa shape index (κ2) is 5.79. The molecule has 0 aliphatic rings. The lowest BCUT2D eigenvalue weighted by molar-refractivity contribution is -0.387. The van der Waals surface area contributed by atoms with Crippen molar-refractivity contribution >= 4 is 34.8 Å². The van der Waals surface area contributed by atoms with E-state index in [1.165, 1.54) is 12.1 Å². The third kappa shape index (κ3) is 4.10. The van der Waals surface area contributed by atoms with Gasteiger partial charge in [-0.25, -0.2) is 0 Å². The number of Topliss-reactive ketones (excluding diaryl/α,β-unsaturated/α-hetero) is 1. The third-order valence-electron chi connectivity index (χ3n) is 2.07. The van der Waals surface area contributed by atoms with E-state index in [1.807, 2.05) is 0 Å². The maximum atomic E-state index is 12.4. The Hall–Kier alpha value is -1.28. The van der Waals surface area contributed by atoms with Crippen LogP contribution >= 0.6 is 23.4 Å². The Kier molecular flexibility index (Phi) is 4.81. The van der Waals surface area contributed by atoms with Gasteiger partial charge >= 0.3 is 5.51 Å². The molecule has 0 fully saturated rings. The normalized spacial score (nSPS) is 13.1. The van der Waals surface area contributed by atoms with Gasteiger partial charge in [-0.15, -0.1) is 11.6 Å². The number of hydrogen-bond donors (Lipinski definition) is 0. The molecular formula is C10H7ClF3NO3S. The van der Waals surface area contributed by atoms with Crippen LogP contribution < -0.4 is 0 Å². The molecule has 1 atom stereocenters. The van der Waals surface area contributed by atoms with Gasteiger partial charge in [0.1, 0.15) is 5.38 Å². The Balaban J connectivity index is 3.42. The van der Waals surface area contributed by atoms with E-state index < -0.39 is 43.9 Å². The van der Waals surface area contributed by atoms with Crippen molar-refractivity contribution in [2.24, 2.45) is 0 Å². The van der Waals surface area contributed by atoms with E-state index in [-0.39, 0.29) is 5.56 Å². The van der Waals surface area contributed by atoms with E-state index >= 15 is 0 Å². The number of carbonyl (C=O) groups excluding carboxylic acids is 1. The second-order valence-electron chi connectivity index (χ2n) is 3.47. The summed E-state index contributed by atoms with van der Waals surface area (Å²) in [6.07, 6.45) is 0. The van der Waals surface area contributed by atoms with E-state index in [0.29, 0.717) is 0 Å². The lowest BCUT2D eigenvalue weighted by atomic mass is 10.1. The molecule has 0 bridgehead atoms. The Morgan fingerprint density at radius 2 is 2.05 bits per heavy atom. The predicted octanol–water partition coefficient (Wildman–Crippen LogP) is 4.08. The molecule has 1 aromatic rings. The highest BCUT2D eigenvalue weighted by atomic mass is 35.5. The molecule has 0 radical (unpaired) electrons. The van der Waals surface area contributed by atoms with Crippen molar-refractivity contribution in [3.8, 4) is 0 Å². The van der Waals surface area contributed by atoms with E-state index in [0.717, 1.165) is 13.0 Å². The Bertz CT molecular complexity index is 521. The first-order valence-electron chi connectivity index (χ1n) is 4.81. The summed E-state index contributed by atoms with van der Waals surface area (Å²) in [6, 6.07) is 3.29. The third-order valence-corrected chi connectivity index (χ3v) is 3.49. The molecule has 0 aromatic heterocycles. The van der Waals surface area contributed by atoms with Crippen LogP contribution in [-0.2, 0) is 4.79 Å². The van der Waals surface area contributed by atoms with Crippen molar-refractivity contribution in [3.63, 3.8) is 0 Å². The molecule has 1 unspecified atom stereocenters. The molecule has 0 heterocycles. The molecule has 0 amide bonds. The number of rotatable bonds is 4. The second-order valence-corrected chi connectivity index (χ2v) is 4.99. The van der Waals surface area contributed by atoms with Crippen molar-refractivity contribution < 1.29 is 22.9 Å². The number of halogens is 4. The summed E-state index contributed by atoms with van der Waals surface area (Å²) >= 11 is 5.05. The summed E-state index contributed by atoms with van der Waals surface area (Å²) in [5.41, 5.74) is -5.66. The van der Waals surface area contributed by atoms with Gasteiger partial charge < -0.3 is 0 Å². The summed E-state index contributed by atoms with van der Waals surface area (Å²) in [6.45, 7) is 1.10. The largest absolute Gasteiger partial charge is 0.446 e. The summed E-state index contributed by atoms with van der Waals surface area (Å²) in [5.74, 6) is -0.591. The molecule has 19 heavy (non-hydrogen) atoms. The van der Waals surface area contributed by atoms with Gasteiger partial charge in [-0.3, -0.25) is 14.9 Å². The van der Waals surface area contributed by atoms with Crippen LogP contribution in [0.3, 0.4) is 0 Å². The molecule has 0 saturated carbocycles. The molecule has 0 spiro atoms. The number of thioether (sulfide) groups is 1. The van der Waals surface area contributed by atoms with Crippen LogP contribution in [-0.4, -0.2) is 16.2 Å². The zero-order chi connectivity index (χ0) is 14.8. The smallest absolute Gasteiger partial charge is 0.298 e. The summed E-state index contributed by atoms with van der Waals surface area (Å²) in [5, 5.41) is 9.39. The Morgan fingerprint density at radius 3 is 2.47 bits per heavy atom. The van der Waals surface area contributed by atoms with Gasteiger partial charge in [0.25, 0.3) is 5.69 Å². The number of benzene rings is 1. The average Bonchev–Trinajstić information content (AvgIpc) is 2.25. The van der Waals surface area contributed by atoms with E-state index in [2.05, 4.69) is 0 Å². The number of alkyl halides is 4.